The predicted molar refractivity (Wildman–Crippen MR) is 113 cm³/mol. The molecule has 0 aliphatic carbocycles. The van der Waals surface area contributed by atoms with Crippen LogP contribution in [0.5, 0.6) is 5.75 Å². The summed E-state index contributed by atoms with van der Waals surface area (Å²) in [5.74, 6) is 3.00. The maximum absolute atomic E-state index is 6.32. The lowest BCUT2D eigenvalue weighted by atomic mass is 9.73. The van der Waals surface area contributed by atoms with Gasteiger partial charge in [0.25, 0.3) is 0 Å². The summed E-state index contributed by atoms with van der Waals surface area (Å²) in [6.45, 7) is 8.45. The van der Waals surface area contributed by atoms with E-state index in [0.29, 0.717) is 17.9 Å². The van der Waals surface area contributed by atoms with E-state index in [4.69, 9.17) is 9.47 Å². The molecule has 3 heterocycles. The van der Waals surface area contributed by atoms with Gasteiger partial charge in [0.2, 0.25) is 0 Å². The van der Waals surface area contributed by atoms with E-state index in [1.165, 1.54) is 36.9 Å². The number of rotatable bonds is 5. The molecule has 0 spiro atoms. The zero-order valence-electron chi connectivity index (χ0n) is 16.7. The lowest BCUT2D eigenvalue weighted by Crippen LogP contribution is -2.48. The van der Waals surface area contributed by atoms with Gasteiger partial charge < -0.3 is 20.1 Å². The second-order valence-electron chi connectivity index (χ2n) is 8.64. The van der Waals surface area contributed by atoms with E-state index >= 15 is 0 Å². The first-order valence-corrected chi connectivity index (χ1v) is 10.6. The van der Waals surface area contributed by atoms with E-state index in [-0.39, 0.29) is 18.5 Å². The van der Waals surface area contributed by atoms with Gasteiger partial charge in [0, 0.05) is 29.8 Å². The number of benzene rings is 1. The molecule has 0 amide bonds. The molecule has 152 valence electrons. The van der Waals surface area contributed by atoms with Gasteiger partial charge in [-0.1, -0.05) is 13.8 Å². The van der Waals surface area contributed by atoms with Crippen LogP contribution in [0.4, 0.5) is 5.69 Å². The summed E-state index contributed by atoms with van der Waals surface area (Å²) in [6.07, 6.45) is 6.32. The molecule has 0 unspecified atom stereocenters. The highest BCUT2D eigenvalue weighted by molar-refractivity contribution is 5.85. The molecule has 2 fully saturated rings. The van der Waals surface area contributed by atoms with Gasteiger partial charge in [0.1, 0.15) is 5.75 Å². The topological polar surface area (TPSA) is 42.5 Å². The van der Waals surface area contributed by atoms with Crippen molar-refractivity contribution in [2.24, 2.45) is 17.8 Å². The van der Waals surface area contributed by atoms with Crippen LogP contribution < -0.4 is 15.4 Å². The van der Waals surface area contributed by atoms with Crippen molar-refractivity contribution in [2.75, 3.05) is 31.6 Å². The van der Waals surface area contributed by atoms with Gasteiger partial charge in [0.05, 0.1) is 12.7 Å². The average molecular weight is 395 g/mol. The minimum atomic E-state index is 0. The Kier molecular flexibility index (Phi) is 7.29. The minimum Gasteiger partial charge on any atom is -0.494 e. The Bertz CT molecular complexity index is 604. The molecule has 3 atom stereocenters. The Morgan fingerprint density at radius 1 is 1.19 bits per heavy atom. The summed E-state index contributed by atoms with van der Waals surface area (Å²) in [6, 6.07) is 7.10. The molecule has 0 bridgehead atoms. The SMILES string of the molecule is CC(C)CCOc1ccc2c(c1)[C@H]1OCCC[C@H]1[C@@H](C1CCNCC1)N2.Cl. The molecule has 0 saturated carbocycles. The largest absolute Gasteiger partial charge is 0.494 e. The maximum atomic E-state index is 6.32. The molecule has 2 N–H and O–H groups in total. The van der Waals surface area contributed by atoms with Crippen LogP contribution in [0.15, 0.2) is 18.2 Å². The summed E-state index contributed by atoms with van der Waals surface area (Å²) in [5, 5.41) is 7.41. The van der Waals surface area contributed by atoms with Gasteiger partial charge in [-0.25, -0.2) is 0 Å². The average Bonchev–Trinajstić information content (AvgIpc) is 2.68. The molecule has 3 aliphatic rings. The van der Waals surface area contributed by atoms with E-state index < -0.39 is 0 Å². The van der Waals surface area contributed by atoms with E-state index in [1.807, 2.05) is 0 Å². The fourth-order valence-electron chi connectivity index (χ4n) is 4.86. The van der Waals surface area contributed by atoms with Crippen LogP contribution in [0.3, 0.4) is 0 Å². The number of hydrogen-bond donors (Lipinski definition) is 2. The van der Waals surface area contributed by atoms with E-state index in [2.05, 4.69) is 42.7 Å². The highest BCUT2D eigenvalue weighted by Crippen LogP contribution is 2.47. The molecule has 2 saturated heterocycles. The molecule has 1 aromatic rings. The third-order valence-electron chi connectivity index (χ3n) is 6.34. The molecule has 4 rings (SSSR count). The van der Waals surface area contributed by atoms with Crippen molar-refractivity contribution in [2.45, 2.75) is 58.1 Å². The second kappa shape index (κ2) is 9.49. The monoisotopic (exact) mass is 394 g/mol. The Morgan fingerprint density at radius 3 is 2.78 bits per heavy atom. The van der Waals surface area contributed by atoms with Crippen LogP contribution in [0.1, 0.15) is 57.6 Å². The first-order valence-electron chi connectivity index (χ1n) is 10.6. The van der Waals surface area contributed by atoms with E-state index in [0.717, 1.165) is 44.4 Å². The van der Waals surface area contributed by atoms with E-state index in [9.17, 15) is 0 Å². The number of piperidine rings is 1. The van der Waals surface area contributed by atoms with Crippen LogP contribution in [-0.4, -0.2) is 32.3 Å². The molecule has 4 nitrogen and oxygen atoms in total. The molecular formula is C22H35ClN2O2. The lowest BCUT2D eigenvalue weighted by molar-refractivity contribution is -0.0455. The van der Waals surface area contributed by atoms with Gasteiger partial charge in [0.15, 0.2) is 0 Å². The quantitative estimate of drug-likeness (QED) is 0.753. The van der Waals surface area contributed by atoms with Gasteiger partial charge in [-0.3, -0.25) is 0 Å². The third kappa shape index (κ3) is 4.72. The predicted octanol–water partition coefficient (Wildman–Crippen LogP) is 4.79. The first-order chi connectivity index (χ1) is 12.7. The van der Waals surface area contributed by atoms with Crippen molar-refractivity contribution in [3.8, 4) is 5.75 Å². The van der Waals surface area contributed by atoms with Gasteiger partial charge in [-0.15, -0.1) is 12.4 Å². The van der Waals surface area contributed by atoms with Crippen LogP contribution in [0.25, 0.3) is 0 Å². The minimum absolute atomic E-state index is 0. The molecule has 0 radical (unpaired) electrons. The number of ether oxygens (including phenoxy) is 2. The van der Waals surface area contributed by atoms with Crippen LogP contribution >= 0.6 is 12.4 Å². The van der Waals surface area contributed by atoms with Gasteiger partial charge in [-0.05, 0) is 75.2 Å². The molecule has 3 aliphatic heterocycles. The summed E-state index contributed by atoms with van der Waals surface area (Å²) in [5.41, 5.74) is 2.56. The van der Waals surface area contributed by atoms with Gasteiger partial charge in [-0.2, -0.15) is 0 Å². The van der Waals surface area contributed by atoms with Crippen molar-refractivity contribution in [1.29, 1.82) is 0 Å². The fourth-order valence-corrected chi connectivity index (χ4v) is 4.86. The summed E-state index contributed by atoms with van der Waals surface area (Å²) >= 11 is 0. The molecule has 5 heteroatoms. The van der Waals surface area contributed by atoms with Crippen molar-refractivity contribution < 1.29 is 9.47 Å². The fraction of sp³-hybridized carbons (Fsp3) is 0.727. The smallest absolute Gasteiger partial charge is 0.119 e. The lowest BCUT2D eigenvalue weighted by Gasteiger charge is -2.47. The van der Waals surface area contributed by atoms with Crippen LogP contribution in [0.2, 0.25) is 0 Å². The third-order valence-corrected chi connectivity index (χ3v) is 6.34. The van der Waals surface area contributed by atoms with Crippen LogP contribution in [-0.2, 0) is 4.74 Å². The number of nitrogens with one attached hydrogen (secondary N) is 2. The van der Waals surface area contributed by atoms with Crippen molar-refractivity contribution in [3.05, 3.63) is 23.8 Å². The Hall–Kier alpha value is -0.970. The van der Waals surface area contributed by atoms with Crippen LogP contribution in [0, 0.1) is 17.8 Å². The van der Waals surface area contributed by atoms with Crippen molar-refractivity contribution in [1.82, 2.24) is 5.32 Å². The van der Waals surface area contributed by atoms with Gasteiger partial charge >= 0.3 is 0 Å². The highest BCUT2D eigenvalue weighted by atomic mass is 35.5. The first kappa shape index (κ1) is 20.8. The summed E-state index contributed by atoms with van der Waals surface area (Å²) in [4.78, 5) is 0. The Morgan fingerprint density at radius 2 is 2.00 bits per heavy atom. The highest BCUT2D eigenvalue weighted by Gasteiger charge is 2.42. The molecule has 0 aromatic heterocycles. The zero-order valence-corrected chi connectivity index (χ0v) is 17.5. The number of halogens is 1. The standard InChI is InChI=1S/C22H34N2O2.ClH/c1-15(2)9-13-25-17-5-6-20-19(14-17)22-18(4-3-12-26-22)21(24-20)16-7-10-23-11-8-16;/h5-6,14-16,18,21-24H,3-4,7-13H2,1-2H3;1H/t18-,21+,22-;/m0./s1. The molecule has 1 aromatic carbocycles. The number of anilines is 1. The van der Waals surface area contributed by atoms with E-state index in [1.54, 1.807) is 0 Å². The Balaban J connectivity index is 0.00000210. The second-order valence-corrected chi connectivity index (χ2v) is 8.64. The normalized spacial score (nSPS) is 27.9. The number of fused-ring (bicyclic) bond motifs is 3. The van der Waals surface area contributed by atoms with Crippen molar-refractivity contribution in [3.63, 3.8) is 0 Å². The maximum Gasteiger partial charge on any atom is 0.119 e. The molecular weight excluding hydrogens is 360 g/mol. The number of hydrogen-bond acceptors (Lipinski definition) is 4. The Labute approximate surface area is 170 Å². The molecule has 27 heavy (non-hydrogen) atoms. The zero-order chi connectivity index (χ0) is 17.9. The summed E-state index contributed by atoms with van der Waals surface area (Å²) in [7, 11) is 0. The summed E-state index contributed by atoms with van der Waals surface area (Å²) < 4.78 is 12.3. The van der Waals surface area contributed by atoms with Crippen molar-refractivity contribution >= 4 is 18.1 Å².